The second-order valence-corrected chi connectivity index (χ2v) is 6.63. The van der Waals surface area contributed by atoms with Gasteiger partial charge in [0.25, 0.3) is 5.91 Å². The fourth-order valence-corrected chi connectivity index (χ4v) is 3.46. The van der Waals surface area contributed by atoms with Crippen molar-refractivity contribution in [1.82, 2.24) is 0 Å². The van der Waals surface area contributed by atoms with Crippen LogP contribution in [0.2, 0.25) is 0 Å². The van der Waals surface area contributed by atoms with E-state index in [1.807, 2.05) is 24.6 Å². The lowest BCUT2D eigenvalue weighted by atomic mass is 10.0. The average molecular weight is 309 g/mol. The van der Waals surface area contributed by atoms with Crippen molar-refractivity contribution in [2.75, 3.05) is 5.32 Å². The van der Waals surface area contributed by atoms with E-state index in [1.54, 1.807) is 12.1 Å². The Kier molecular flexibility index (Phi) is 4.57. The maximum absolute atomic E-state index is 12.0. The first-order chi connectivity index (χ1) is 9.49. The minimum absolute atomic E-state index is 0.216. The van der Waals surface area contributed by atoms with Crippen molar-refractivity contribution in [3.05, 3.63) is 38.9 Å². The van der Waals surface area contributed by atoms with Gasteiger partial charge >= 0.3 is 5.97 Å². The van der Waals surface area contributed by atoms with Crippen molar-refractivity contribution >= 4 is 39.6 Å². The molecule has 1 amide bonds. The van der Waals surface area contributed by atoms with E-state index in [9.17, 15) is 14.7 Å². The quantitative estimate of drug-likeness (QED) is 0.878. The third kappa shape index (κ3) is 3.26. The fourth-order valence-electron chi connectivity index (χ4n) is 1.88. The van der Waals surface area contributed by atoms with E-state index in [1.165, 1.54) is 22.7 Å². The summed E-state index contributed by atoms with van der Waals surface area (Å²) in [5.74, 6) is -0.896. The molecule has 0 fully saturated rings. The van der Waals surface area contributed by atoms with Crippen LogP contribution in [0.4, 0.5) is 5.00 Å². The van der Waals surface area contributed by atoms with E-state index in [-0.39, 0.29) is 11.5 Å². The SMILES string of the molecule is CC(C)Cc1csc(NC(=O)c2cccs2)c1C(=O)O. The Morgan fingerprint density at radius 2 is 2.10 bits per heavy atom. The van der Waals surface area contributed by atoms with Gasteiger partial charge in [-0.1, -0.05) is 19.9 Å². The molecule has 0 radical (unpaired) electrons. The number of rotatable bonds is 5. The van der Waals surface area contributed by atoms with E-state index in [0.29, 0.717) is 22.2 Å². The van der Waals surface area contributed by atoms with Crippen molar-refractivity contribution < 1.29 is 14.7 Å². The number of anilines is 1. The highest BCUT2D eigenvalue weighted by molar-refractivity contribution is 7.15. The number of carbonyl (C=O) groups is 2. The molecule has 2 rings (SSSR count). The smallest absolute Gasteiger partial charge is 0.338 e. The molecular formula is C14H15NO3S2. The van der Waals surface area contributed by atoms with Crippen LogP contribution in [-0.4, -0.2) is 17.0 Å². The molecule has 4 nitrogen and oxygen atoms in total. The van der Waals surface area contributed by atoms with Crippen molar-refractivity contribution in [3.63, 3.8) is 0 Å². The number of amides is 1. The summed E-state index contributed by atoms with van der Waals surface area (Å²) >= 11 is 2.59. The van der Waals surface area contributed by atoms with Crippen LogP contribution in [0.5, 0.6) is 0 Å². The van der Waals surface area contributed by atoms with Crippen LogP contribution in [0, 0.1) is 5.92 Å². The summed E-state index contributed by atoms with van der Waals surface area (Å²) in [4.78, 5) is 24.0. The zero-order valence-corrected chi connectivity index (χ0v) is 12.8. The lowest BCUT2D eigenvalue weighted by Crippen LogP contribution is -2.13. The highest BCUT2D eigenvalue weighted by Gasteiger charge is 2.21. The Hall–Kier alpha value is -1.66. The molecule has 2 heterocycles. The Bertz CT molecular complexity index is 614. The van der Waals surface area contributed by atoms with Crippen LogP contribution in [0.3, 0.4) is 0 Å². The third-order valence-corrected chi connectivity index (χ3v) is 4.49. The van der Waals surface area contributed by atoms with E-state index in [2.05, 4.69) is 5.32 Å². The van der Waals surface area contributed by atoms with E-state index < -0.39 is 5.97 Å². The van der Waals surface area contributed by atoms with Gasteiger partial charge in [0.2, 0.25) is 0 Å². The lowest BCUT2D eigenvalue weighted by Gasteiger charge is -2.06. The van der Waals surface area contributed by atoms with Gasteiger partial charge in [0.05, 0.1) is 10.4 Å². The topological polar surface area (TPSA) is 66.4 Å². The van der Waals surface area contributed by atoms with Gasteiger partial charge in [0.1, 0.15) is 5.00 Å². The van der Waals surface area contributed by atoms with Crippen LogP contribution in [0.25, 0.3) is 0 Å². The van der Waals surface area contributed by atoms with Crippen LogP contribution < -0.4 is 5.32 Å². The monoisotopic (exact) mass is 309 g/mol. The molecule has 6 heteroatoms. The summed E-state index contributed by atoms with van der Waals surface area (Å²) in [6.07, 6.45) is 0.688. The summed E-state index contributed by atoms with van der Waals surface area (Å²) in [6.45, 7) is 4.07. The van der Waals surface area contributed by atoms with Gasteiger partial charge in [-0.3, -0.25) is 4.79 Å². The molecule has 0 unspecified atom stereocenters. The van der Waals surface area contributed by atoms with Gasteiger partial charge in [-0.2, -0.15) is 0 Å². The number of carbonyl (C=O) groups excluding carboxylic acids is 1. The first-order valence-electron chi connectivity index (χ1n) is 6.17. The second-order valence-electron chi connectivity index (χ2n) is 4.80. The van der Waals surface area contributed by atoms with Gasteiger partial charge in [-0.15, -0.1) is 22.7 Å². The van der Waals surface area contributed by atoms with Crippen LogP contribution in [0.15, 0.2) is 22.9 Å². The van der Waals surface area contributed by atoms with Gasteiger partial charge < -0.3 is 10.4 Å². The van der Waals surface area contributed by atoms with Crippen molar-refractivity contribution in [3.8, 4) is 0 Å². The third-order valence-electron chi connectivity index (χ3n) is 2.68. The Morgan fingerprint density at radius 3 is 2.65 bits per heavy atom. The van der Waals surface area contributed by atoms with Crippen LogP contribution >= 0.6 is 22.7 Å². The molecule has 2 aromatic heterocycles. The van der Waals surface area contributed by atoms with Gasteiger partial charge in [0, 0.05) is 0 Å². The van der Waals surface area contributed by atoms with Crippen molar-refractivity contribution in [1.29, 1.82) is 0 Å². The molecule has 0 bridgehead atoms. The molecule has 0 aromatic carbocycles. The second kappa shape index (κ2) is 6.19. The molecule has 0 aliphatic carbocycles. The molecular weight excluding hydrogens is 294 g/mol. The average Bonchev–Trinajstić information content (AvgIpc) is 2.97. The normalized spacial score (nSPS) is 10.8. The molecule has 0 aliphatic rings. The number of nitrogens with one attached hydrogen (secondary N) is 1. The Balaban J connectivity index is 2.26. The van der Waals surface area contributed by atoms with E-state index >= 15 is 0 Å². The van der Waals surface area contributed by atoms with Gasteiger partial charge in [0.15, 0.2) is 0 Å². The molecule has 0 saturated heterocycles. The number of hydrogen-bond donors (Lipinski definition) is 2. The number of carboxylic acids is 1. The minimum Gasteiger partial charge on any atom is -0.478 e. The summed E-state index contributed by atoms with van der Waals surface area (Å²) < 4.78 is 0. The first kappa shape index (κ1) is 14.7. The number of aromatic carboxylic acids is 1. The molecule has 0 spiro atoms. The predicted molar refractivity (Wildman–Crippen MR) is 82.1 cm³/mol. The highest BCUT2D eigenvalue weighted by atomic mass is 32.1. The molecule has 0 aliphatic heterocycles. The molecule has 106 valence electrons. The van der Waals surface area contributed by atoms with Crippen LogP contribution in [-0.2, 0) is 6.42 Å². The van der Waals surface area contributed by atoms with E-state index in [0.717, 1.165) is 5.56 Å². The summed E-state index contributed by atoms with van der Waals surface area (Å²) in [5.41, 5.74) is 0.993. The maximum atomic E-state index is 12.0. The molecule has 2 aromatic rings. The maximum Gasteiger partial charge on any atom is 0.338 e. The standard InChI is InChI=1S/C14H15NO3S2/c1-8(2)6-9-7-20-13(11(9)14(17)18)15-12(16)10-4-3-5-19-10/h3-5,7-8H,6H2,1-2H3,(H,15,16)(H,17,18). The molecule has 0 saturated carbocycles. The van der Waals surface area contributed by atoms with Gasteiger partial charge in [-0.25, -0.2) is 4.79 Å². The summed E-state index contributed by atoms with van der Waals surface area (Å²) in [5, 5.41) is 16.1. The first-order valence-corrected chi connectivity index (χ1v) is 7.93. The zero-order chi connectivity index (χ0) is 14.7. The minimum atomic E-state index is -0.997. The predicted octanol–water partition coefficient (Wildman–Crippen LogP) is 3.96. The fraction of sp³-hybridized carbons (Fsp3) is 0.286. The number of carboxylic acid groups (broad SMARTS) is 1. The summed E-state index contributed by atoms with van der Waals surface area (Å²) in [7, 11) is 0. The molecule has 2 N–H and O–H groups in total. The number of thiophene rings is 2. The number of hydrogen-bond acceptors (Lipinski definition) is 4. The molecule has 0 atom stereocenters. The summed E-state index contributed by atoms with van der Waals surface area (Å²) in [6, 6.07) is 3.50. The molecule has 20 heavy (non-hydrogen) atoms. The van der Waals surface area contributed by atoms with E-state index in [4.69, 9.17) is 0 Å². The largest absolute Gasteiger partial charge is 0.478 e. The van der Waals surface area contributed by atoms with Crippen LogP contribution in [0.1, 0.15) is 39.4 Å². The lowest BCUT2D eigenvalue weighted by molar-refractivity contribution is 0.0697. The Labute approximate surface area is 125 Å². The van der Waals surface area contributed by atoms with Gasteiger partial charge in [-0.05, 0) is 34.7 Å². The van der Waals surface area contributed by atoms with Crippen molar-refractivity contribution in [2.45, 2.75) is 20.3 Å². The van der Waals surface area contributed by atoms with Crippen molar-refractivity contribution in [2.24, 2.45) is 5.92 Å². The Morgan fingerprint density at radius 1 is 1.35 bits per heavy atom. The zero-order valence-electron chi connectivity index (χ0n) is 11.2. The highest BCUT2D eigenvalue weighted by Crippen LogP contribution is 2.30.